The highest BCUT2D eigenvalue weighted by Gasteiger charge is 2.58. The van der Waals surface area contributed by atoms with Crippen molar-refractivity contribution >= 4 is 23.3 Å². The lowest BCUT2D eigenvalue weighted by Gasteiger charge is -2.37. The molecule has 3 amide bonds. The van der Waals surface area contributed by atoms with Crippen molar-refractivity contribution in [2.45, 2.75) is 62.8 Å². The molecule has 0 radical (unpaired) electrons. The van der Waals surface area contributed by atoms with Gasteiger partial charge in [0.1, 0.15) is 5.82 Å². The Bertz CT molecular complexity index is 1250. The van der Waals surface area contributed by atoms with Gasteiger partial charge in [0.05, 0.1) is 5.56 Å². The number of likely N-dealkylation sites (tertiary alicyclic amines) is 1. The number of benzene rings is 2. The molecule has 3 aliphatic rings. The molecular formula is C30H36F4N4O2. The normalized spacial score (nSPS) is 24.3. The van der Waals surface area contributed by atoms with E-state index in [1.54, 1.807) is 4.90 Å². The minimum Gasteiger partial charge on any atom is -0.326 e. The molecule has 10 heteroatoms. The number of anilines is 2. The molecule has 1 saturated heterocycles. The van der Waals surface area contributed by atoms with E-state index in [0.29, 0.717) is 19.0 Å². The standard InChI is InChI=1S/C30H36F4N4O2/c1-20(39)35-23-6-4-5-21(15-23)29-10-9-25(16-22(29)18-29)38(14-13-37-11-2-3-12-37)28(40)36-24-7-8-27(32)26(17-24)30(33,34)19-31/h4-8,15,17,22,25H,2-3,9-14,16,18-19H2,1H3,(H,35,39)(H,36,40)/t22?,25?,29-/m1/s1. The van der Waals surface area contributed by atoms with Crippen LogP contribution in [0.2, 0.25) is 0 Å². The predicted molar refractivity (Wildman–Crippen MR) is 146 cm³/mol. The number of carbonyl (C=O) groups excluding carboxylic acids is 2. The second kappa shape index (κ2) is 11.4. The van der Waals surface area contributed by atoms with E-state index in [9.17, 15) is 27.2 Å². The Balaban J connectivity index is 1.31. The van der Waals surface area contributed by atoms with Crippen molar-refractivity contribution < 1.29 is 27.2 Å². The number of hydrogen-bond acceptors (Lipinski definition) is 3. The molecular weight excluding hydrogens is 524 g/mol. The van der Waals surface area contributed by atoms with Gasteiger partial charge in [-0.3, -0.25) is 4.79 Å². The van der Waals surface area contributed by atoms with Crippen LogP contribution in [0.4, 0.5) is 33.7 Å². The summed E-state index contributed by atoms with van der Waals surface area (Å²) in [4.78, 5) is 29.2. The van der Waals surface area contributed by atoms with Crippen LogP contribution in [0.1, 0.15) is 56.6 Å². The van der Waals surface area contributed by atoms with E-state index in [2.05, 4.69) is 21.6 Å². The fourth-order valence-electron chi connectivity index (χ4n) is 6.61. The molecule has 0 aromatic heterocycles. The zero-order chi connectivity index (χ0) is 28.5. The average molecular weight is 561 g/mol. The van der Waals surface area contributed by atoms with Gasteiger partial charge in [0, 0.05) is 37.4 Å². The van der Waals surface area contributed by atoms with Crippen LogP contribution in [0.5, 0.6) is 0 Å². The molecule has 0 bridgehead atoms. The van der Waals surface area contributed by atoms with Gasteiger partial charge >= 0.3 is 12.0 Å². The largest absolute Gasteiger partial charge is 0.326 e. The smallest absolute Gasteiger partial charge is 0.322 e. The first kappa shape index (κ1) is 28.4. The Morgan fingerprint density at radius 3 is 2.55 bits per heavy atom. The Kier molecular flexibility index (Phi) is 8.08. The first-order chi connectivity index (χ1) is 19.1. The summed E-state index contributed by atoms with van der Waals surface area (Å²) in [6, 6.07) is 10.4. The zero-order valence-corrected chi connectivity index (χ0v) is 22.7. The minimum absolute atomic E-state index is 0.00654. The highest BCUT2D eigenvalue weighted by molar-refractivity contribution is 5.90. The van der Waals surface area contributed by atoms with Crippen LogP contribution < -0.4 is 10.6 Å². The summed E-state index contributed by atoms with van der Waals surface area (Å²) in [5.41, 5.74) is 0.940. The molecule has 40 heavy (non-hydrogen) atoms. The molecule has 2 aromatic rings. The van der Waals surface area contributed by atoms with Crippen molar-refractivity contribution in [3.05, 3.63) is 59.4 Å². The lowest BCUT2D eigenvalue weighted by molar-refractivity contribution is -0.114. The first-order valence-electron chi connectivity index (χ1n) is 14.0. The van der Waals surface area contributed by atoms with E-state index in [4.69, 9.17) is 0 Å². The number of fused-ring (bicyclic) bond motifs is 1. The van der Waals surface area contributed by atoms with Crippen LogP contribution in [0.25, 0.3) is 0 Å². The van der Waals surface area contributed by atoms with Gasteiger partial charge in [-0.1, -0.05) is 12.1 Å². The van der Waals surface area contributed by atoms with Crippen LogP contribution in [0.3, 0.4) is 0 Å². The summed E-state index contributed by atoms with van der Waals surface area (Å²) in [5, 5.41) is 5.53. The number of hydrogen-bond donors (Lipinski definition) is 2. The monoisotopic (exact) mass is 560 g/mol. The van der Waals surface area contributed by atoms with E-state index in [1.165, 1.54) is 18.6 Å². The van der Waals surface area contributed by atoms with Gasteiger partial charge in [-0.25, -0.2) is 13.6 Å². The molecule has 0 spiro atoms. The average Bonchev–Trinajstić information content (AvgIpc) is 3.44. The van der Waals surface area contributed by atoms with Crippen molar-refractivity contribution in [3.63, 3.8) is 0 Å². The summed E-state index contributed by atoms with van der Waals surface area (Å²) >= 11 is 0. The fourth-order valence-corrected chi connectivity index (χ4v) is 6.61. The lowest BCUT2D eigenvalue weighted by atomic mass is 9.80. The quantitative estimate of drug-likeness (QED) is 0.355. The highest BCUT2D eigenvalue weighted by Crippen LogP contribution is 2.63. The molecule has 5 rings (SSSR count). The summed E-state index contributed by atoms with van der Waals surface area (Å²) in [6.07, 6.45) is 5.74. The SMILES string of the molecule is CC(=O)Nc1cccc([C@]23CCC(N(CCN4CCCC4)C(=O)Nc4ccc(F)c(C(F)(F)CF)c4)CC2C3)c1. The van der Waals surface area contributed by atoms with Gasteiger partial charge in [0.2, 0.25) is 5.91 Å². The number of halogens is 4. The van der Waals surface area contributed by atoms with E-state index in [1.807, 2.05) is 18.2 Å². The van der Waals surface area contributed by atoms with Crippen LogP contribution >= 0.6 is 0 Å². The maximum Gasteiger partial charge on any atom is 0.322 e. The van der Waals surface area contributed by atoms with Gasteiger partial charge in [-0.15, -0.1) is 0 Å². The zero-order valence-electron chi connectivity index (χ0n) is 22.7. The molecule has 2 aromatic carbocycles. The van der Waals surface area contributed by atoms with Crippen LogP contribution in [0.15, 0.2) is 42.5 Å². The first-order valence-corrected chi connectivity index (χ1v) is 14.0. The number of amides is 3. The third-order valence-electron chi connectivity index (χ3n) is 8.81. The third-order valence-corrected chi connectivity index (χ3v) is 8.81. The van der Waals surface area contributed by atoms with E-state index < -0.39 is 30.0 Å². The molecule has 2 N–H and O–H groups in total. The second-order valence-electron chi connectivity index (χ2n) is 11.5. The van der Waals surface area contributed by atoms with E-state index >= 15 is 0 Å². The molecule has 6 nitrogen and oxygen atoms in total. The topological polar surface area (TPSA) is 64.7 Å². The molecule has 3 fully saturated rings. The molecule has 216 valence electrons. The summed E-state index contributed by atoms with van der Waals surface area (Å²) in [5.74, 6) is -4.92. The highest BCUT2D eigenvalue weighted by atomic mass is 19.3. The third kappa shape index (κ3) is 5.96. The number of alkyl halides is 3. The lowest BCUT2D eigenvalue weighted by Crippen LogP contribution is -2.48. The van der Waals surface area contributed by atoms with Crippen LogP contribution in [-0.2, 0) is 16.1 Å². The van der Waals surface area contributed by atoms with Crippen molar-refractivity contribution in [3.8, 4) is 0 Å². The molecule has 2 unspecified atom stereocenters. The van der Waals surface area contributed by atoms with Gasteiger partial charge < -0.3 is 20.4 Å². The number of rotatable bonds is 9. The maximum absolute atomic E-state index is 14.0. The van der Waals surface area contributed by atoms with Crippen molar-refractivity contribution in [2.24, 2.45) is 5.92 Å². The Morgan fingerprint density at radius 2 is 1.85 bits per heavy atom. The molecule has 1 aliphatic heterocycles. The second-order valence-corrected chi connectivity index (χ2v) is 11.5. The number of nitrogens with zero attached hydrogens (tertiary/aromatic N) is 2. The Labute approximate surface area is 232 Å². The number of urea groups is 1. The van der Waals surface area contributed by atoms with Gasteiger partial charge in [0.25, 0.3) is 0 Å². The van der Waals surface area contributed by atoms with Gasteiger partial charge in [-0.2, -0.15) is 8.78 Å². The Hall–Kier alpha value is -3.14. The van der Waals surface area contributed by atoms with Gasteiger partial charge in [0.15, 0.2) is 6.67 Å². The molecule has 1 heterocycles. The minimum atomic E-state index is -3.98. The fraction of sp³-hybridized carbons (Fsp3) is 0.533. The Morgan fingerprint density at radius 1 is 1.10 bits per heavy atom. The number of nitrogens with one attached hydrogen (secondary N) is 2. The van der Waals surface area contributed by atoms with Crippen LogP contribution in [-0.4, -0.2) is 60.6 Å². The van der Waals surface area contributed by atoms with Gasteiger partial charge in [-0.05, 0) is 98.8 Å². The molecule has 2 aliphatic carbocycles. The predicted octanol–water partition coefficient (Wildman–Crippen LogP) is 6.29. The van der Waals surface area contributed by atoms with Crippen molar-refractivity contribution in [1.29, 1.82) is 0 Å². The van der Waals surface area contributed by atoms with Crippen LogP contribution in [0, 0.1) is 11.7 Å². The van der Waals surface area contributed by atoms with Crippen molar-refractivity contribution in [1.82, 2.24) is 9.80 Å². The number of carbonyl (C=O) groups is 2. The summed E-state index contributed by atoms with van der Waals surface area (Å²) in [6.45, 7) is 2.63. The molecule has 2 saturated carbocycles. The van der Waals surface area contributed by atoms with E-state index in [-0.39, 0.29) is 23.1 Å². The summed E-state index contributed by atoms with van der Waals surface area (Å²) < 4.78 is 54.8. The van der Waals surface area contributed by atoms with E-state index in [0.717, 1.165) is 69.4 Å². The van der Waals surface area contributed by atoms with Crippen molar-refractivity contribution in [2.75, 3.05) is 43.5 Å². The maximum atomic E-state index is 14.0. The summed E-state index contributed by atoms with van der Waals surface area (Å²) in [7, 11) is 0. The molecule has 3 atom stereocenters.